The molecule has 1 aliphatic rings. The molecule has 0 bridgehead atoms. The zero-order valence-corrected chi connectivity index (χ0v) is 18.5. The van der Waals surface area contributed by atoms with Crippen LogP contribution in [0, 0.1) is 12.8 Å². The number of hydrogen-bond donors (Lipinski definition) is 1. The molecule has 1 saturated heterocycles. The van der Waals surface area contributed by atoms with Crippen molar-refractivity contribution in [1.29, 1.82) is 0 Å². The van der Waals surface area contributed by atoms with Gasteiger partial charge in [0.1, 0.15) is 0 Å². The van der Waals surface area contributed by atoms with Gasteiger partial charge in [-0.15, -0.1) is 24.0 Å². The summed E-state index contributed by atoms with van der Waals surface area (Å²) in [5.41, 5.74) is 3.80. The standard InChI is InChI=1S/C19H32N4O.HI/c1-6-20-19(23-10-9-16(13-23)14-24-5)21-12-17-7-8-18(22(3)4)11-15(17)2;/h7-8,11,16H,6,9-10,12-14H2,1-5H3,(H,20,21);1H. The van der Waals surface area contributed by atoms with Crippen molar-refractivity contribution >= 4 is 35.6 Å². The molecule has 1 aromatic rings. The van der Waals surface area contributed by atoms with E-state index in [-0.39, 0.29) is 24.0 Å². The van der Waals surface area contributed by atoms with Crippen LogP contribution in [0.1, 0.15) is 24.5 Å². The number of guanidine groups is 1. The van der Waals surface area contributed by atoms with Gasteiger partial charge in [-0.1, -0.05) is 6.07 Å². The van der Waals surface area contributed by atoms with Crippen molar-refractivity contribution in [3.8, 4) is 0 Å². The smallest absolute Gasteiger partial charge is 0.194 e. The molecule has 1 aromatic carbocycles. The van der Waals surface area contributed by atoms with Gasteiger partial charge < -0.3 is 19.9 Å². The minimum absolute atomic E-state index is 0. The third-order valence-electron chi connectivity index (χ3n) is 4.56. The fourth-order valence-electron chi connectivity index (χ4n) is 3.12. The molecule has 0 aliphatic carbocycles. The van der Waals surface area contributed by atoms with Gasteiger partial charge in [0.25, 0.3) is 0 Å². The molecule has 0 spiro atoms. The van der Waals surface area contributed by atoms with Gasteiger partial charge in [0, 0.05) is 52.4 Å². The molecule has 1 fully saturated rings. The summed E-state index contributed by atoms with van der Waals surface area (Å²) in [5.74, 6) is 1.63. The number of halogens is 1. The molecular weight excluding hydrogens is 427 g/mol. The van der Waals surface area contributed by atoms with E-state index >= 15 is 0 Å². The van der Waals surface area contributed by atoms with Crippen LogP contribution in [-0.4, -0.2) is 58.3 Å². The van der Waals surface area contributed by atoms with E-state index in [2.05, 4.69) is 61.3 Å². The van der Waals surface area contributed by atoms with Gasteiger partial charge in [0.15, 0.2) is 5.96 Å². The highest BCUT2D eigenvalue weighted by atomic mass is 127. The third-order valence-corrected chi connectivity index (χ3v) is 4.56. The van der Waals surface area contributed by atoms with Crippen LogP contribution in [0.2, 0.25) is 0 Å². The molecule has 142 valence electrons. The van der Waals surface area contributed by atoms with Gasteiger partial charge in [-0.05, 0) is 43.5 Å². The van der Waals surface area contributed by atoms with E-state index in [1.54, 1.807) is 7.11 Å². The largest absolute Gasteiger partial charge is 0.384 e. The summed E-state index contributed by atoms with van der Waals surface area (Å²) in [6, 6.07) is 6.58. The summed E-state index contributed by atoms with van der Waals surface area (Å²) in [7, 11) is 5.92. The number of likely N-dealkylation sites (tertiary alicyclic amines) is 1. The van der Waals surface area contributed by atoms with Crippen molar-refractivity contribution < 1.29 is 4.74 Å². The average molecular weight is 460 g/mol. The number of aryl methyl sites for hydroxylation is 1. The number of hydrogen-bond acceptors (Lipinski definition) is 3. The topological polar surface area (TPSA) is 40.1 Å². The van der Waals surface area contributed by atoms with Gasteiger partial charge >= 0.3 is 0 Å². The number of methoxy groups -OCH3 is 1. The van der Waals surface area contributed by atoms with Gasteiger partial charge in [-0.2, -0.15) is 0 Å². The van der Waals surface area contributed by atoms with Gasteiger partial charge in [-0.3, -0.25) is 0 Å². The van der Waals surface area contributed by atoms with E-state index in [9.17, 15) is 0 Å². The summed E-state index contributed by atoms with van der Waals surface area (Å²) in [4.78, 5) is 9.36. The van der Waals surface area contributed by atoms with Crippen LogP contribution in [0.5, 0.6) is 0 Å². The van der Waals surface area contributed by atoms with Crippen molar-refractivity contribution in [2.24, 2.45) is 10.9 Å². The summed E-state index contributed by atoms with van der Waals surface area (Å²) >= 11 is 0. The van der Waals surface area contributed by atoms with E-state index in [1.807, 2.05) is 0 Å². The first-order valence-corrected chi connectivity index (χ1v) is 8.84. The molecule has 5 nitrogen and oxygen atoms in total. The summed E-state index contributed by atoms with van der Waals surface area (Å²) in [6.07, 6.45) is 1.18. The van der Waals surface area contributed by atoms with Gasteiger partial charge in [0.05, 0.1) is 13.2 Å². The molecular formula is C19H33IN4O. The molecule has 6 heteroatoms. The molecule has 1 atom stereocenters. The number of rotatable bonds is 6. The molecule has 1 unspecified atom stereocenters. The van der Waals surface area contributed by atoms with E-state index < -0.39 is 0 Å². The van der Waals surface area contributed by atoms with E-state index in [0.29, 0.717) is 12.5 Å². The molecule has 1 N–H and O–H groups in total. The Morgan fingerprint density at radius 1 is 1.40 bits per heavy atom. The van der Waals surface area contributed by atoms with Crippen LogP contribution in [0.25, 0.3) is 0 Å². The Labute approximate surface area is 169 Å². The van der Waals surface area contributed by atoms with Crippen LogP contribution in [0.3, 0.4) is 0 Å². The highest BCUT2D eigenvalue weighted by molar-refractivity contribution is 14.0. The monoisotopic (exact) mass is 460 g/mol. The van der Waals surface area contributed by atoms with Gasteiger partial charge in [0.2, 0.25) is 0 Å². The van der Waals surface area contributed by atoms with E-state index in [1.165, 1.54) is 23.2 Å². The maximum Gasteiger partial charge on any atom is 0.194 e. The zero-order chi connectivity index (χ0) is 17.5. The molecule has 25 heavy (non-hydrogen) atoms. The van der Waals surface area contributed by atoms with Crippen molar-refractivity contribution in [2.75, 3.05) is 52.3 Å². The maximum atomic E-state index is 5.30. The predicted molar refractivity (Wildman–Crippen MR) is 117 cm³/mol. The lowest BCUT2D eigenvalue weighted by molar-refractivity contribution is 0.157. The van der Waals surface area contributed by atoms with Crippen molar-refractivity contribution in [3.63, 3.8) is 0 Å². The van der Waals surface area contributed by atoms with Crippen LogP contribution < -0.4 is 10.2 Å². The molecule has 0 amide bonds. The quantitative estimate of drug-likeness (QED) is 0.403. The molecule has 0 radical (unpaired) electrons. The fraction of sp³-hybridized carbons (Fsp3) is 0.632. The first kappa shape index (κ1) is 22.0. The number of anilines is 1. The normalized spacial score (nSPS) is 17.4. The van der Waals surface area contributed by atoms with E-state index in [4.69, 9.17) is 9.73 Å². The summed E-state index contributed by atoms with van der Waals surface area (Å²) < 4.78 is 5.30. The van der Waals surface area contributed by atoms with Gasteiger partial charge in [-0.25, -0.2) is 4.99 Å². The Kier molecular flexibility index (Phi) is 9.56. The summed E-state index contributed by atoms with van der Waals surface area (Å²) in [5, 5.41) is 3.43. The average Bonchev–Trinajstić information content (AvgIpc) is 3.01. The molecule has 0 saturated carbocycles. The predicted octanol–water partition coefficient (Wildman–Crippen LogP) is 3.11. The number of nitrogens with one attached hydrogen (secondary N) is 1. The third kappa shape index (κ3) is 6.33. The van der Waals surface area contributed by atoms with Crippen LogP contribution >= 0.6 is 24.0 Å². The molecule has 1 heterocycles. The minimum Gasteiger partial charge on any atom is -0.384 e. The van der Waals surface area contributed by atoms with Crippen molar-refractivity contribution in [1.82, 2.24) is 10.2 Å². The highest BCUT2D eigenvalue weighted by Crippen LogP contribution is 2.19. The van der Waals surface area contributed by atoms with Crippen LogP contribution in [0.15, 0.2) is 23.2 Å². The summed E-state index contributed by atoms with van der Waals surface area (Å²) in [6.45, 7) is 8.80. The van der Waals surface area contributed by atoms with Crippen molar-refractivity contribution in [2.45, 2.75) is 26.8 Å². The lowest BCUT2D eigenvalue weighted by Gasteiger charge is -2.22. The lowest BCUT2D eigenvalue weighted by atomic mass is 10.1. The SMILES string of the molecule is CCNC(=NCc1ccc(N(C)C)cc1C)N1CCC(COC)C1.I. The Hall–Kier alpha value is -1.02. The molecule has 2 rings (SSSR count). The Morgan fingerprint density at radius 3 is 2.76 bits per heavy atom. The second kappa shape index (κ2) is 10.9. The first-order chi connectivity index (χ1) is 11.5. The molecule has 0 aromatic heterocycles. The zero-order valence-electron chi connectivity index (χ0n) is 16.2. The fourth-order valence-corrected chi connectivity index (χ4v) is 3.12. The maximum absolute atomic E-state index is 5.30. The Morgan fingerprint density at radius 2 is 2.16 bits per heavy atom. The minimum atomic E-state index is 0. The van der Waals surface area contributed by atoms with Crippen molar-refractivity contribution in [3.05, 3.63) is 29.3 Å². The van der Waals surface area contributed by atoms with E-state index in [0.717, 1.165) is 32.2 Å². The molecule has 1 aliphatic heterocycles. The van der Waals surface area contributed by atoms with Crippen LogP contribution in [-0.2, 0) is 11.3 Å². The second-order valence-corrected chi connectivity index (χ2v) is 6.73. The second-order valence-electron chi connectivity index (χ2n) is 6.73. The van der Waals surface area contributed by atoms with Crippen LogP contribution in [0.4, 0.5) is 5.69 Å². The first-order valence-electron chi connectivity index (χ1n) is 8.84. The Balaban J connectivity index is 0.00000312. The lowest BCUT2D eigenvalue weighted by Crippen LogP contribution is -2.40. The highest BCUT2D eigenvalue weighted by Gasteiger charge is 2.24. The number of aliphatic imine (C=N–C) groups is 1. The number of ether oxygens (including phenoxy) is 1. The number of nitrogens with zero attached hydrogens (tertiary/aromatic N) is 3. The Bertz CT molecular complexity index is 562. The number of benzene rings is 1.